The number of carbonyl (C=O) groups is 2. The van der Waals surface area contributed by atoms with E-state index in [0.717, 1.165) is 12.1 Å². The van der Waals surface area contributed by atoms with Crippen LogP contribution in [-0.4, -0.2) is 64.2 Å². The molecule has 17 heteroatoms. The molecule has 0 spiro atoms. The van der Waals surface area contributed by atoms with E-state index in [9.17, 15) is 52.8 Å². The lowest BCUT2D eigenvalue weighted by Crippen LogP contribution is -2.61. The van der Waals surface area contributed by atoms with Gasteiger partial charge in [0.25, 0.3) is 0 Å². The first-order valence-corrected chi connectivity index (χ1v) is 14.1. The summed E-state index contributed by atoms with van der Waals surface area (Å²) in [7, 11) is -13.0. The second-order valence-corrected chi connectivity index (χ2v) is 11.8. The third-order valence-electron chi connectivity index (χ3n) is 5.14. The van der Waals surface area contributed by atoms with E-state index in [1.807, 2.05) is 6.92 Å². The van der Waals surface area contributed by atoms with Gasteiger partial charge in [0.2, 0.25) is 9.84 Å². The molecule has 0 amide bonds. The Hall–Kier alpha value is -2.56. The molecule has 9 nitrogen and oxygen atoms in total. The molecule has 218 valence electrons. The Kier molecular flexibility index (Phi) is 11.0. The molecular formula is C21H26F6O9S2. The second-order valence-electron chi connectivity index (χ2n) is 7.89. The molecule has 1 aromatic rings. The molecule has 38 heavy (non-hydrogen) atoms. The maximum atomic E-state index is 14.1. The van der Waals surface area contributed by atoms with Crippen molar-refractivity contribution in [3.8, 4) is 5.75 Å². The van der Waals surface area contributed by atoms with Gasteiger partial charge in [0.1, 0.15) is 5.75 Å². The number of hydrogen-bond donors (Lipinski definition) is 0. The first-order chi connectivity index (χ1) is 17.3. The van der Waals surface area contributed by atoms with Crippen LogP contribution >= 0.6 is 0 Å². The summed E-state index contributed by atoms with van der Waals surface area (Å²) in [5.41, 5.74) is -0.240. The normalized spacial score (nSPS) is 14.0. The highest BCUT2D eigenvalue weighted by molar-refractivity contribution is 7.92. The Morgan fingerprint density at radius 2 is 1.34 bits per heavy atom. The van der Waals surface area contributed by atoms with E-state index in [1.54, 1.807) is 6.92 Å². The molecule has 0 fully saturated rings. The van der Waals surface area contributed by atoms with Gasteiger partial charge in [-0.3, -0.25) is 4.79 Å². The monoisotopic (exact) mass is 600 g/mol. The van der Waals surface area contributed by atoms with Gasteiger partial charge in [0, 0.05) is 0 Å². The van der Waals surface area contributed by atoms with Crippen molar-refractivity contribution in [3.05, 3.63) is 29.8 Å². The van der Waals surface area contributed by atoms with Crippen molar-refractivity contribution in [3.63, 3.8) is 0 Å². The number of unbranched alkanes of at least 4 members (excludes halogenated alkanes) is 1. The van der Waals surface area contributed by atoms with Gasteiger partial charge in [-0.05, 0) is 43.5 Å². The zero-order valence-electron chi connectivity index (χ0n) is 20.4. The summed E-state index contributed by atoms with van der Waals surface area (Å²) < 4.78 is 143. The highest BCUT2D eigenvalue weighted by Crippen LogP contribution is 2.51. The lowest BCUT2D eigenvalue weighted by molar-refractivity contribution is -0.245. The van der Waals surface area contributed by atoms with E-state index in [4.69, 9.17) is 9.47 Å². The topological polar surface area (TPSA) is 130 Å². The van der Waals surface area contributed by atoms with Gasteiger partial charge in [-0.1, -0.05) is 20.8 Å². The van der Waals surface area contributed by atoms with Crippen molar-refractivity contribution in [2.24, 2.45) is 5.92 Å². The molecule has 0 aliphatic heterocycles. The van der Waals surface area contributed by atoms with Crippen LogP contribution < -0.4 is 4.18 Å². The molecule has 0 saturated carbocycles. The molecule has 1 atom stereocenters. The van der Waals surface area contributed by atoms with Crippen molar-refractivity contribution in [1.82, 2.24) is 0 Å². The molecular weight excluding hydrogens is 574 g/mol. The molecule has 0 bridgehead atoms. The molecule has 1 aromatic carbocycles. The average Bonchev–Trinajstić information content (AvgIpc) is 2.84. The zero-order chi connectivity index (χ0) is 29.6. The highest BCUT2D eigenvalue weighted by atomic mass is 32.2. The van der Waals surface area contributed by atoms with Crippen molar-refractivity contribution in [2.75, 3.05) is 19.0 Å². The van der Waals surface area contributed by atoms with Crippen LogP contribution in [0, 0.1) is 5.92 Å². The first-order valence-electron chi connectivity index (χ1n) is 11.0. The van der Waals surface area contributed by atoms with Crippen LogP contribution in [0.3, 0.4) is 0 Å². The van der Waals surface area contributed by atoms with E-state index in [2.05, 4.69) is 4.18 Å². The zero-order valence-corrected chi connectivity index (χ0v) is 22.0. The number of hydrogen-bond acceptors (Lipinski definition) is 9. The fourth-order valence-electron chi connectivity index (χ4n) is 2.46. The lowest BCUT2D eigenvalue weighted by atomic mass is 10.1. The van der Waals surface area contributed by atoms with E-state index < -0.39 is 53.9 Å². The summed E-state index contributed by atoms with van der Waals surface area (Å²) >= 11 is 0. The van der Waals surface area contributed by atoms with Gasteiger partial charge < -0.3 is 13.7 Å². The number of esters is 2. The summed E-state index contributed by atoms with van der Waals surface area (Å²) in [6.07, 6.45) is 1.29. The summed E-state index contributed by atoms with van der Waals surface area (Å²) in [6, 6.07) is 2.79. The van der Waals surface area contributed by atoms with Gasteiger partial charge >= 0.3 is 38.5 Å². The number of halogens is 6. The van der Waals surface area contributed by atoms with Crippen molar-refractivity contribution < 1.29 is 66.4 Å². The molecule has 1 unspecified atom stereocenters. The van der Waals surface area contributed by atoms with Gasteiger partial charge in [0.05, 0.1) is 30.4 Å². The van der Waals surface area contributed by atoms with Gasteiger partial charge in [-0.25, -0.2) is 13.2 Å². The summed E-state index contributed by atoms with van der Waals surface area (Å²) in [6.45, 7) is 3.99. The quantitative estimate of drug-likeness (QED) is 0.126. The Balaban J connectivity index is 2.81. The van der Waals surface area contributed by atoms with Crippen LogP contribution in [-0.2, 0) is 34.2 Å². The molecule has 1 rings (SSSR count). The number of rotatable bonds is 15. The van der Waals surface area contributed by atoms with Crippen LogP contribution in [0.2, 0.25) is 0 Å². The molecule has 0 heterocycles. The fourth-order valence-corrected chi connectivity index (χ4v) is 4.32. The number of alkyl halides is 6. The molecule has 0 aliphatic rings. The minimum atomic E-state index is -6.90. The van der Waals surface area contributed by atoms with Crippen LogP contribution in [0.4, 0.5) is 26.3 Å². The molecule has 0 aromatic heterocycles. The number of sulfone groups is 1. The largest absolute Gasteiger partial charge is 0.465 e. The van der Waals surface area contributed by atoms with Gasteiger partial charge in [0.15, 0.2) is 0 Å². The molecule has 0 N–H and O–H groups in total. The third kappa shape index (κ3) is 7.09. The predicted octanol–water partition coefficient (Wildman–Crippen LogP) is 4.18. The predicted molar refractivity (Wildman–Crippen MR) is 120 cm³/mol. The third-order valence-corrected chi connectivity index (χ3v) is 8.24. The smallest absolute Gasteiger partial charge is 0.450 e. The van der Waals surface area contributed by atoms with Crippen molar-refractivity contribution in [2.45, 2.75) is 56.5 Å². The number of benzene rings is 1. The standard InChI is InChI=1S/C21H26F6O9S2/c1-4-14(3)17(28)34-12-6-7-13-35-18(29)15-8-10-16(11-9-15)36-38(32,33)21(26,27)19(22,23)20(24,25)37(30,31)5-2/h8-11,14H,4-7,12-13H2,1-3H3. The van der Waals surface area contributed by atoms with Crippen LogP contribution in [0.1, 0.15) is 50.4 Å². The Morgan fingerprint density at radius 3 is 1.82 bits per heavy atom. The average molecular weight is 601 g/mol. The fraction of sp³-hybridized carbons (Fsp3) is 0.619. The maximum Gasteiger partial charge on any atom is 0.450 e. The van der Waals surface area contributed by atoms with Crippen LogP contribution in [0.5, 0.6) is 5.75 Å². The van der Waals surface area contributed by atoms with Crippen molar-refractivity contribution >= 4 is 31.9 Å². The Morgan fingerprint density at radius 1 is 0.842 bits per heavy atom. The van der Waals surface area contributed by atoms with Crippen LogP contribution in [0.15, 0.2) is 24.3 Å². The maximum absolute atomic E-state index is 14.1. The number of ether oxygens (including phenoxy) is 2. The SMILES string of the molecule is CCC(C)C(=O)OCCCCOC(=O)c1ccc(OS(=O)(=O)C(F)(F)C(F)(F)C(F)(F)S(=O)(=O)CC)cc1. The molecule has 0 aliphatic carbocycles. The summed E-state index contributed by atoms with van der Waals surface area (Å²) in [5, 5.41) is -13.1. The van der Waals surface area contributed by atoms with Gasteiger partial charge in [-0.15, -0.1) is 0 Å². The Labute approximate surface area is 215 Å². The van der Waals surface area contributed by atoms with E-state index in [0.29, 0.717) is 38.3 Å². The number of carbonyl (C=O) groups excluding carboxylic acids is 2. The minimum absolute atomic E-state index is 0.0984. The molecule has 0 radical (unpaired) electrons. The van der Waals surface area contributed by atoms with E-state index in [1.165, 1.54) is 0 Å². The van der Waals surface area contributed by atoms with Crippen LogP contribution in [0.25, 0.3) is 0 Å². The Bertz CT molecular complexity index is 1180. The summed E-state index contributed by atoms with van der Waals surface area (Å²) in [5.74, 6) is -11.2. The van der Waals surface area contributed by atoms with E-state index in [-0.39, 0.29) is 30.7 Å². The molecule has 0 saturated heterocycles. The lowest BCUT2D eigenvalue weighted by Gasteiger charge is -2.30. The highest BCUT2D eigenvalue weighted by Gasteiger charge is 2.82. The second kappa shape index (κ2) is 12.5. The van der Waals surface area contributed by atoms with Gasteiger partial charge in [-0.2, -0.15) is 34.8 Å². The van der Waals surface area contributed by atoms with Crippen molar-refractivity contribution in [1.29, 1.82) is 0 Å². The minimum Gasteiger partial charge on any atom is -0.465 e. The summed E-state index contributed by atoms with van der Waals surface area (Å²) in [4.78, 5) is 23.5. The van der Waals surface area contributed by atoms with E-state index >= 15 is 0 Å². The first kappa shape index (κ1) is 33.5.